The Morgan fingerprint density at radius 2 is 2.45 bits per heavy atom. The second kappa shape index (κ2) is 2.66. The van der Waals surface area contributed by atoms with Gasteiger partial charge in [-0.05, 0) is 19.8 Å². The van der Waals surface area contributed by atoms with Crippen LogP contribution in [0, 0.1) is 5.92 Å². The molecule has 0 fully saturated rings. The molecule has 0 bridgehead atoms. The fraction of sp³-hybridized carbons (Fsp3) is 0.625. The lowest BCUT2D eigenvalue weighted by Crippen LogP contribution is -2.50. The van der Waals surface area contributed by atoms with Crippen LogP contribution in [0.1, 0.15) is 19.8 Å². The number of allylic oxidation sites excluding steroid dienone is 1. The van der Waals surface area contributed by atoms with Crippen LogP contribution in [-0.4, -0.2) is 16.6 Å². The van der Waals surface area contributed by atoms with Gasteiger partial charge in [-0.25, -0.2) is 0 Å². The molecule has 62 valence electrons. The molecule has 11 heavy (non-hydrogen) atoms. The zero-order valence-corrected chi connectivity index (χ0v) is 6.58. The van der Waals surface area contributed by atoms with Gasteiger partial charge in [-0.3, -0.25) is 4.79 Å². The molecule has 1 rings (SSSR count). The minimum Gasteiger partial charge on any atom is -0.480 e. The van der Waals surface area contributed by atoms with Crippen LogP contribution < -0.4 is 5.73 Å². The molecule has 0 aromatic carbocycles. The number of hydrogen-bond donors (Lipinski definition) is 2. The predicted octanol–water partition coefficient (Wildman–Crippen LogP) is 0.755. The van der Waals surface area contributed by atoms with Crippen LogP contribution in [0.2, 0.25) is 0 Å². The van der Waals surface area contributed by atoms with E-state index in [1.165, 1.54) is 0 Å². The molecule has 0 saturated carbocycles. The molecular formula is C8H13NO2. The van der Waals surface area contributed by atoms with Gasteiger partial charge in [0.1, 0.15) is 5.54 Å². The highest BCUT2D eigenvalue weighted by Crippen LogP contribution is 2.26. The van der Waals surface area contributed by atoms with E-state index in [0.29, 0.717) is 0 Å². The SMILES string of the molecule is CC(N)(C(=O)O)C1C=CCC1. The van der Waals surface area contributed by atoms with Gasteiger partial charge in [-0.15, -0.1) is 0 Å². The molecule has 0 saturated heterocycles. The van der Waals surface area contributed by atoms with Crippen LogP contribution in [0.25, 0.3) is 0 Å². The van der Waals surface area contributed by atoms with E-state index in [4.69, 9.17) is 10.8 Å². The lowest BCUT2D eigenvalue weighted by Gasteiger charge is -2.24. The highest BCUT2D eigenvalue weighted by molar-refractivity contribution is 5.78. The summed E-state index contributed by atoms with van der Waals surface area (Å²) in [5, 5.41) is 8.74. The Hall–Kier alpha value is -0.830. The summed E-state index contributed by atoms with van der Waals surface area (Å²) in [5.74, 6) is -0.922. The zero-order valence-electron chi connectivity index (χ0n) is 6.58. The van der Waals surface area contributed by atoms with Crippen LogP contribution >= 0.6 is 0 Å². The van der Waals surface area contributed by atoms with E-state index in [-0.39, 0.29) is 5.92 Å². The lowest BCUT2D eigenvalue weighted by atomic mass is 9.86. The summed E-state index contributed by atoms with van der Waals surface area (Å²) in [6.45, 7) is 1.57. The van der Waals surface area contributed by atoms with E-state index >= 15 is 0 Å². The van der Waals surface area contributed by atoms with Gasteiger partial charge in [0.05, 0.1) is 0 Å². The van der Waals surface area contributed by atoms with Gasteiger partial charge in [0.15, 0.2) is 0 Å². The van der Waals surface area contributed by atoms with Crippen LogP contribution in [0.5, 0.6) is 0 Å². The topological polar surface area (TPSA) is 63.3 Å². The standard InChI is InChI=1S/C8H13NO2/c1-8(9,7(10)11)6-4-2-3-5-6/h2,4,6H,3,5,9H2,1H3,(H,10,11). The number of rotatable bonds is 2. The number of hydrogen-bond acceptors (Lipinski definition) is 2. The van der Waals surface area contributed by atoms with Crippen molar-refractivity contribution < 1.29 is 9.90 Å². The normalized spacial score (nSPS) is 28.4. The first-order chi connectivity index (χ1) is 5.05. The fourth-order valence-electron chi connectivity index (χ4n) is 1.29. The lowest BCUT2D eigenvalue weighted by molar-refractivity contribution is -0.144. The van der Waals surface area contributed by atoms with Crippen LogP contribution in [0.15, 0.2) is 12.2 Å². The summed E-state index contributed by atoms with van der Waals surface area (Å²) in [6.07, 6.45) is 5.69. The minimum absolute atomic E-state index is 0.000000000000000444. The Balaban J connectivity index is 2.71. The van der Waals surface area contributed by atoms with Gasteiger partial charge in [-0.1, -0.05) is 12.2 Å². The molecule has 0 spiro atoms. The quantitative estimate of drug-likeness (QED) is 0.578. The van der Waals surface area contributed by atoms with Gasteiger partial charge in [0.25, 0.3) is 0 Å². The second-order valence-corrected chi connectivity index (χ2v) is 3.20. The van der Waals surface area contributed by atoms with Crippen LogP contribution in [0.3, 0.4) is 0 Å². The summed E-state index contributed by atoms with van der Waals surface area (Å²) < 4.78 is 0. The third-order valence-electron chi connectivity index (χ3n) is 2.24. The molecule has 3 heteroatoms. The Bertz CT molecular complexity index is 196. The second-order valence-electron chi connectivity index (χ2n) is 3.20. The van der Waals surface area contributed by atoms with Crippen molar-refractivity contribution in [2.45, 2.75) is 25.3 Å². The molecule has 0 heterocycles. The fourth-order valence-corrected chi connectivity index (χ4v) is 1.29. The third-order valence-corrected chi connectivity index (χ3v) is 2.24. The minimum atomic E-state index is -1.09. The summed E-state index contributed by atoms with van der Waals surface area (Å²) in [5.41, 5.74) is 4.52. The van der Waals surface area contributed by atoms with Crippen molar-refractivity contribution in [1.82, 2.24) is 0 Å². The monoisotopic (exact) mass is 155 g/mol. The first-order valence-corrected chi connectivity index (χ1v) is 3.74. The van der Waals surface area contributed by atoms with Crippen molar-refractivity contribution in [2.24, 2.45) is 11.7 Å². The van der Waals surface area contributed by atoms with Crippen molar-refractivity contribution in [1.29, 1.82) is 0 Å². The molecule has 2 unspecified atom stereocenters. The number of carboxylic acid groups (broad SMARTS) is 1. The van der Waals surface area contributed by atoms with E-state index < -0.39 is 11.5 Å². The van der Waals surface area contributed by atoms with E-state index in [9.17, 15) is 4.79 Å². The Morgan fingerprint density at radius 1 is 1.82 bits per heavy atom. The average Bonchev–Trinajstić information content (AvgIpc) is 2.37. The molecule has 3 nitrogen and oxygen atoms in total. The van der Waals surface area contributed by atoms with E-state index in [0.717, 1.165) is 12.8 Å². The molecule has 0 amide bonds. The number of carbonyl (C=O) groups is 1. The molecule has 2 atom stereocenters. The van der Waals surface area contributed by atoms with Gasteiger partial charge < -0.3 is 10.8 Å². The van der Waals surface area contributed by atoms with Crippen LogP contribution in [0.4, 0.5) is 0 Å². The van der Waals surface area contributed by atoms with Crippen molar-refractivity contribution in [2.75, 3.05) is 0 Å². The van der Waals surface area contributed by atoms with Crippen molar-refractivity contribution in [3.8, 4) is 0 Å². The first kappa shape index (κ1) is 8.27. The summed E-state index contributed by atoms with van der Waals surface area (Å²) >= 11 is 0. The first-order valence-electron chi connectivity index (χ1n) is 3.74. The Morgan fingerprint density at radius 3 is 2.82 bits per heavy atom. The van der Waals surface area contributed by atoms with Gasteiger partial charge in [-0.2, -0.15) is 0 Å². The largest absolute Gasteiger partial charge is 0.480 e. The Labute approximate surface area is 65.9 Å². The van der Waals surface area contributed by atoms with Gasteiger partial charge in [0.2, 0.25) is 0 Å². The maximum Gasteiger partial charge on any atom is 0.323 e. The molecule has 1 aliphatic carbocycles. The number of nitrogens with two attached hydrogens (primary N) is 1. The molecule has 0 aliphatic heterocycles. The molecule has 0 aromatic rings. The molecule has 0 aromatic heterocycles. The summed E-state index contributed by atoms with van der Waals surface area (Å²) in [4.78, 5) is 10.6. The predicted molar refractivity (Wildman–Crippen MR) is 42.1 cm³/mol. The number of carboxylic acids is 1. The van der Waals surface area contributed by atoms with E-state index in [2.05, 4.69) is 0 Å². The molecule has 0 radical (unpaired) electrons. The smallest absolute Gasteiger partial charge is 0.323 e. The summed E-state index contributed by atoms with van der Waals surface area (Å²) in [7, 11) is 0. The molecular weight excluding hydrogens is 142 g/mol. The Kier molecular flexibility index (Phi) is 2.00. The third kappa shape index (κ3) is 1.43. The van der Waals surface area contributed by atoms with Crippen LogP contribution in [-0.2, 0) is 4.79 Å². The molecule has 1 aliphatic rings. The number of aliphatic carboxylic acids is 1. The maximum absolute atomic E-state index is 10.6. The zero-order chi connectivity index (χ0) is 8.48. The van der Waals surface area contributed by atoms with Crippen molar-refractivity contribution in [3.63, 3.8) is 0 Å². The van der Waals surface area contributed by atoms with Gasteiger partial charge >= 0.3 is 5.97 Å². The summed E-state index contributed by atoms with van der Waals surface area (Å²) in [6, 6.07) is 0. The average molecular weight is 155 g/mol. The maximum atomic E-state index is 10.6. The highest BCUT2D eigenvalue weighted by Gasteiger charge is 2.36. The van der Waals surface area contributed by atoms with E-state index in [1.54, 1.807) is 6.92 Å². The molecule has 3 N–H and O–H groups in total. The van der Waals surface area contributed by atoms with Crippen molar-refractivity contribution in [3.05, 3.63) is 12.2 Å². The van der Waals surface area contributed by atoms with Gasteiger partial charge in [0, 0.05) is 5.92 Å². The highest BCUT2D eigenvalue weighted by atomic mass is 16.4. The van der Waals surface area contributed by atoms with Crippen molar-refractivity contribution >= 4 is 5.97 Å². The van der Waals surface area contributed by atoms with E-state index in [1.807, 2.05) is 12.2 Å².